The van der Waals surface area contributed by atoms with Crippen LogP contribution in [0.5, 0.6) is 0 Å². The zero-order chi connectivity index (χ0) is 18.9. The zero-order valence-corrected chi connectivity index (χ0v) is 15.0. The normalized spacial score (nSPS) is 16.3. The standard InChI is InChI=1S/C20H32O5/c1-2-3-8-14-18(22)19(23)15-10-7-5-4-6-9-12-17(21)13-11-16-20(24)25/h4-7,9-10,12,15,17-19,21-23H,2-3,8,11,13-14,16H2,1H3,(H,24,25)/b6-4+,7-5+,12-9+,15-10+. The number of carboxylic acid groups (broad SMARTS) is 1. The van der Waals surface area contributed by atoms with Gasteiger partial charge in [0, 0.05) is 6.42 Å². The first-order valence-corrected chi connectivity index (χ1v) is 8.91. The van der Waals surface area contributed by atoms with Crippen LogP contribution in [0.1, 0.15) is 51.9 Å². The van der Waals surface area contributed by atoms with Gasteiger partial charge in [0.15, 0.2) is 0 Å². The molecule has 4 N–H and O–H groups in total. The van der Waals surface area contributed by atoms with Crippen LogP contribution in [0.2, 0.25) is 0 Å². The van der Waals surface area contributed by atoms with Crippen LogP contribution in [0.15, 0.2) is 48.6 Å². The molecule has 0 saturated heterocycles. The quantitative estimate of drug-likeness (QED) is 0.284. The molecule has 0 bridgehead atoms. The van der Waals surface area contributed by atoms with E-state index in [0.717, 1.165) is 19.3 Å². The van der Waals surface area contributed by atoms with E-state index in [4.69, 9.17) is 5.11 Å². The number of aliphatic carboxylic acids is 1. The number of carbonyl (C=O) groups is 1. The Labute approximate surface area is 150 Å². The number of aliphatic hydroxyl groups is 3. The largest absolute Gasteiger partial charge is 0.481 e. The van der Waals surface area contributed by atoms with Crippen molar-refractivity contribution in [3.05, 3.63) is 48.6 Å². The number of aliphatic hydroxyl groups excluding tert-OH is 3. The fourth-order valence-electron chi connectivity index (χ4n) is 2.09. The minimum Gasteiger partial charge on any atom is -0.481 e. The summed E-state index contributed by atoms with van der Waals surface area (Å²) in [5, 5.41) is 37.6. The average Bonchev–Trinajstić information content (AvgIpc) is 2.56. The van der Waals surface area contributed by atoms with Crippen LogP contribution in [-0.4, -0.2) is 44.7 Å². The Balaban J connectivity index is 3.96. The highest BCUT2D eigenvalue weighted by Crippen LogP contribution is 2.07. The van der Waals surface area contributed by atoms with Gasteiger partial charge >= 0.3 is 5.97 Å². The van der Waals surface area contributed by atoms with Crippen molar-refractivity contribution >= 4 is 5.97 Å². The van der Waals surface area contributed by atoms with Crippen LogP contribution < -0.4 is 0 Å². The number of allylic oxidation sites excluding steroid dienone is 6. The van der Waals surface area contributed by atoms with Crippen molar-refractivity contribution < 1.29 is 25.2 Å². The second-order valence-electron chi connectivity index (χ2n) is 5.95. The summed E-state index contributed by atoms with van der Waals surface area (Å²) in [7, 11) is 0. The number of hydrogen-bond acceptors (Lipinski definition) is 4. The first-order valence-electron chi connectivity index (χ1n) is 8.91. The summed E-state index contributed by atoms with van der Waals surface area (Å²) in [6.45, 7) is 2.09. The Bertz CT molecular complexity index is 451. The molecule has 0 fully saturated rings. The Morgan fingerprint density at radius 2 is 1.44 bits per heavy atom. The number of carboxylic acids is 1. The van der Waals surface area contributed by atoms with E-state index in [9.17, 15) is 20.1 Å². The third-order valence-electron chi connectivity index (χ3n) is 3.59. The third kappa shape index (κ3) is 15.6. The average molecular weight is 352 g/mol. The highest BCUT2D eigenvalue weighted by atomic mass is 16.4. The van der Waals surface area contributed by atoms with Gasteiger partial charge in [-0.05, 0) is 19.3 Å². The van der Waals surface area contributed by atoms with Gasteiger partial charge < -0.3 is 20.4 Å². The van der Waals surface area contributed by atoms with Crippen LogP contribution >= 0.6 is 0 Å². The summed E-state index contributed by atoms with van der Waals surface area (Å²) >= 11 is 0. The molecule has 0 aromatic carbocycles. The van der Waals surface area contributed by atoms with Crippen LogP contribution in [0.25, 0.3) is 0 Å². The molecule has 0 radical (unpaired) electrons. The molecular formula is C20H32O5. The molecule has 0 heterocycles. The van der Waals surface area contributed by atoms with E-state index >= 15 is 0 Å². The maximum absolute atomic E-state index is 10.4. The smallest absolute Gasteiger partial charge is 0.303 e. The Morgan fingerprint density at radius 1 is 0.840 bits per heavy atom. The minimum absolute atomic E-state index is 0.0644. The van der Waals surface area contributed by atoms with Crippen LogP contribution in [-0.2, 0) is 4.79 Å². The third-order valence-corrected chi connectivity index (χ3v) is 3.59. The summed E-state index contributed by atoms with van der Waals surface area (Å²) in [5.41, 5.74) is 0. The van der Waals surface area contributed by atoms with Gasteiger partial charge in [0.2, 0.25) is 0 Å². The van der Waals surface area contributed by atoms with E-state index in [1.807, 2.05) is 0 Å². The van der Waals surface area contributed by atoms with Crippen LogP contribution in [0.3, 0.4) is 0 Å². The Kier molecular flexibility index (Phi) is 14.7. The molecule has 3 atom stereocenters. The minimum atomic E-state index is -0.855. The number of hydrogen-bond donors (Lipinski definition) is 4. The lowest BCUT2D eigenvalue weighted by Crippen LogP contribution is -2.23. The topological polar surface area (TPSA) is 98.0 Å². The van der Waals surface area contributed by atoms with Gasteiger partial charge in [0.1, 0.15) is 0 Å². The van der Waals surface area contributed by atoms with Gasteiger partial charge in [0.25, 0.3) is 0 Å². The van der Waals surface area contributed by atoms with Crippen molar-refractivity contribution in [2.24, 2.45) is 0 Å². The first kappa shape index (κ1) is 23.3. The molecule has 142 valence electrons. The Morgan fingerprint density at radius 3 is 2.04 bits per heavy atom. The van der Waals surface area contributed by atoms with Crippen LogP contribution in [0.4, 0.5) is 0 Å². The van der Waals surface area contributed by atoms with E-state index in [2.05, 4.69) is 6.92 Å². The van der Waals surface area contributed by atoms with E-state index in [1.54, 1.807) is 48.6 Å². The van der Waals surface area contributed by atoms with Crippen molar-refractivity contribution in [1.29, 1.82) is 0 Å². The lowest BCUT2D eigenvalue weighted by atomic mass is 10.1. The first-order chi connectivity index (χ1) is 12.0. The second-order valence-corrected chi connectivity index (χ2v) is 5.95. The molecule has 0 rings (SSSR count). The van der Waals surface area contributed by atoms with E-state index < -0.39 is 24.3 Å². The molecule has 0 aromatic heterocycles. The fourth-order valence-corrected chi connectivity index (χ4v) is 2.09. The fraction of sp³-hybridized carbons (Fsp3) is 0.550. The van der Waals surface area contributed by atoms with Gasteiger partial charge in [-0.1, -0.05) is 74.8 Å². The van der Waals surface area contributed by atoms with Crippen molar-refractivity contribution in [2.45, 2.75) is 70.2 Å². The maximum atomic E-state index is 10.4. The second kappa shape index (κ2) is 15.8. The van der Waals surface area contributed by atoms with Crippen molar-refractivity contribution in [3.63, 3.8) is 0 Å². The highest BCUT2D eigenvalue weighted by Gasteiger charge is 2.11. The van der Waals surface area contributed by atoms with Gasteiger partial charge in [-0.25, -0.2) is 0 Å². The zero-order valence-electron chi connectivity index (χ0n) is 15.0. The summed E-state index contributed by atoms with van der Waals surface area (Å²) < 4.78 is 0. The number of rotatable bonds is 14. The van der Waals surface area contributed by atoms with Gasteiger partial charge in [0.05, 0.1) is 18.3 Å². The molecule has 5 nitrogen and oxygen atoms in total. The lowest BCUT2D eigenvalue weighted by molar-refractivity contribution is -0.137. The maximum Gasteiger partial charge on any atom is 0.303 e. The van der Waals surface area contributed by atoms with Crippen molar-refractivity contribution in [2.75, 3.05) is 0 Å². The molecule has 0 aliphatic heterocycles. The van der Waals surface area contributed by atoms with E-state index in [1.165, 1.54) is 0 Å². The molecule has 5 heteroatoms. The summed E-state index contributed by atoms with van der Waals surface area (Å²) in [6, 6.07) is 0. The number of unbranched alkanes of at least 4 members (excludes halogenated alkanes) is 2. The summed E-state index contributed by atoms with van der Waals surface area (Å²) in [5.74, 6) is -0.854. The molecular weight excluding hydrogens is 320 g/mol. The SMILES string of the molecule is CCCCCC(O)C(O)/C=C/C=C/C=C/C=C/C(O)CCCC(=O)O. The van der Waals surface area contributed by atoms with Gasteiger partial charge in [-0.3, -0.25) is 4.79 Å². The highest BCUT2D eigenvalue weighted by molar-refractivity contribution is 5.66. The predicted octanol–water partition coefficient (Wildman–Crippen LogP) is 3.13. The van der Waals surface area contributed by atoms with Crippen molar-refractivity contribution in [3.8, 4) is 0 Å². The molecule has 3 unspecified atom stereocenters. The molecule has 25 heavy (non-hydrogen) atoms. The molecule has 0 amide bonds. The molecule has 0 saturated carbocycles. The summed E-state index contributed by atoms with van der Waals surface area (Å²) in [6.07, 6.45) is 16.0. The van der Waals surface area contributed by atoms with E-state index in [-0.39, 0.29) is 6.42 Å². The molecule has 0 spiro atoms. The van der Waals surface area contributed by atoms with Gasteiger partial charge in [-0.2, -0.15) is 0 Å². The lowest BCUT2D eigenvalue weighted by Gasteiger charge is -2.13. The van der Waals surface area contributed by atoms with Crippen LogP contribution in [0, 0.1) is 0 Å². The van der Waals surface area contributed by atoms with Crippen molar-refractivity contribution in [1.82, 2.24) is 0 Å². The van der Waals surface area contributed by atoms with Gasteiger partial charge in [-0.15, -0.1) is 0 Å². The predicted molar refractivity (Wildman–Crippen MR) is 100 cm³/mol. The molecule has 0 aromatic rings. The summed E-state index contributed by atoms with van der Waals surface area (Å²) in [4.78, 5) is 10.4. The van der Waals surface area contributed by atoms with E-state index in [0.29, 0.717) is 19.3 Å². The molecule has 0 aliphatic carbocycles. The monoisotopic (exact) mass is 352 g/mol. The molecule has 0 aliphatic rings. The Hall–Kier alpha value is -1.69.